The van der Waals surface area contributed by atoms with E-state index in [4.69, 9.17) is 15.0 Å². The van der Waals surface area contributed by atoms with Crippen molar-refractivity contribution in [3.63, 3.8) is 0 Å². The third-order valence-corrected chi connectivity index (χ3v) is 2.97. The van der Waals surface area contributed by atoms with E-state index >= 15 is 0 Å². The lowest BCUT2D eigenvalue weighted by Gasteiger charge is -2.23. The SMILES string of the molecule is CCCC(N)c1nc(C(C)(CC)OCC)no1. The van der Waals surface area contributed by atoms with Gasteiger partial charge in [0.25, 0.3) is 0 Å². The molecular formula is C12H23N3O2. The molecule has 0 amide bonds. The van der Waals surface area contributed by atoms with Gasteiger partial charge in [-0.15, -0.1) is 0 Å². The van der Waals surface area contributed by atoms with Crippen molar-refractivity contribution in [2.75, 3.05) is 6.61 Å². The molecule has 1 heterocycles. The van der Waals surface area contributed by atoms with Gasteiger partial charge in [-0.2, -0.15) is 4.98 Å². The fourth-order valence-corrected chi connectivity index (χ4v) is 1.68. The second-order valence-electron chi connectivity index (χ2n) is 4.37. The van der Waals surface area contributed by atoms with Gasteiger partial charge in [-0.05, 0) is 26.7 Å². The largest absolute Gasteiger partial charge is 0.367 e. The van der Waals surface area contributed by atoms with Crippen LogP contribution in [0.5, 0.6) is 0 Å². The average molecular weight is 241 g/mol. The number of hydrogen-bond acceptors (Lipinski definition) is 5. The molecule has 0 aliphatic carbocycles. The van der Waals surface area contributed by atoms with Crippen LogP contribution in [-0.2, 0) is 10.3 Å². The van der Waals surface area contributed by atoms with E-state index in [2.05, 4.69) is 17.1 Å². The van der Waals surface area contributed by atoms with E-state index in [1.165, 1.54) is 0 Å². The summed E-state index contributed by atoms with van der Waals surface area (Å²) in [6.45, 7) is 8.66. The molecule has 0 aliphatic heterocycles. The van der Waals surface area contributed by atoms with Crippen molar-refractivity contribution >= 4 is 0 Å². The molecule has 0 saturated heterocycles. The highest BCUT2D eigenvalue weighted by molar-refractivity contribution is 5.01. The molecule has 2 atom stereocenters. The van der Waals surface area contributed by atoms with E-state index in [1.54, 1.807) is 0 Å². The minimum Gasteiger partial charge on any atom is -0.367 e. The van der Waals surface area contributed by atoms with E-state index in [0.29, 0.717) is 18.3 Å². The van der Waals surface area contributed by atoms with Crippen LogP contribution in [0.15, 0.2) is 4.52 Å². The maximum atomic E-state index is 5.94. The van der Waals surface area contributed by atoms with Crippen LogP contribution < -0.4 is 5.73 Å². The Bertz CT molecular complexity index is 340. The van der Waals surface area contributed by atoms with Gasteiger partial charge in [0.05, 0.1) is 6.04 Å². The van der Waals surface area contributed by atoms with Crippen LogP contribution in [0.25, 0.3) is 0 Å². The van der Waals surface area contributed by atoms with Gasteiger partial charge in [0.2, 0.25) is 11.7 Å². The highest BCUT2D eigenvalue weighted by Crippen LogP contribution is 2.27. The summed E-state index contributed by atoms with van der Waals surface area (Å²) in [5, 5.41) is 3.99. The topological polar surface area (TPSA) is 74.2 Å². The van der Waals surface area contributed by atoms with Crippen LogP contribution in [0, 0.1) is 0 Å². The maximum Gasteiger partial charge on any atom is 0.243 e. The van der Waals surface area contributed by atoms with Crippen molar-refractivity contribution in [1.82, 2.24) is 10.1 Å². The Morgan fingerprint density at radius 3 is 2.65 bits per heavy atom. The van der Waals surface area contributed by atoms with E-state index < -0.39 is 5.60 Å². The number of hydrogen-bond donors (Lipinski definition) is 1. The Morgan fingerprint density at radius 1 is 1.41 bits per heavy atom. The van der Waals surface area contributed by atoms with Crippen molar-refractivity contribution in [2.45, 2.75) is 58.6 Å². The standard InChI is InChI=1S/C12H23N3O2/c1-5-8-9(13)10-14-11(15-17-10)12(4,6-2)16-7-3/h9H,5-8,13H2,1-4H3. The van der Waals surface area contributed by atoms with E-state index in [0.717, 1.165) is 19.3 Å². The quantitative estimate of drug-likeness (QED) is 0.794. The minimum absolute atomic E-state index is 0.177. The molecular weight excluding hydrogens is 218 g/mol. The second kappa shape index (κ2) is 6.12. The predicted octanol–water partition coefficient (Wildman–Crippen LogP) is 2.53. The Hall–Kier alpha value is -0.940. The molecule has 1 rings (SSSR count). The fourth-order valence-electron chi connectivity index (χ4n) is 1.68. The molecule has 0 spiro atoms. The molecule has 0 aromatic carbocycles. The van der Waals surface area contributed by atoms with Crippen LogP contribution in [0.1, 0.15) is 64.7 Å². The second-order valence-corrected chi connectivity index (χ2v) is 4.37. The highest BCUT2D eigenvalue weighted by atomic mass is 16.5. The molecule has 1 aromatic rings. The van der Waals surface area contributed by atoms with Crippen molar-refractivity contribution in [2.24, 2.45) is 5.73 Å². The lowest BCUT2D eigenvalue weighted by Crippen LogP contribution is -2.26. The molecule has 17 heavy (non-hydrogen) atoms. The molecule has 0 radical (unpaired) electrons. The van der Waals surface area contributed by atoms with Gasteiger partial charge in [-0.3, -0.25) is 0 Å². The molecule has 0 saturated carbocycles. The first kappa shape index (κ1) is 14.1. The van der Waals surface area contributed by atoms with Crippen LogP contribution in [0.4, 0.5) is 0 Å². The number of rotatable bonds is 7. The van der Waals surface area contributed by atoms with Gasteiger partial charge in [0.1, 0.15) is 5.60 Å². The summed E-state index contributed by atoms with van der Waals surface area (Å²) < 4.78 is 10.9. The molecule has 5 heteroatoms. The summed E-state index contributed by atoms with van der Waals surface area (Å²) in [7, 11) is 0. The van der Waals surface area contributed by atoms with Crippen molar-refractivity contribution < 1.29 is 9.26 Å². The van der Waals surface area contributed by atoms with Crippen LogP contribution in [-0.4, -0.2) is 16.7 Å². The zero-order valence-corrected chi connectivity index (χ0v) is 11.2. The normalized spacial score (nSPS) is 16.8. The average Bonchev–Trinajstić information content (AvgIpc) is 2.79. The number of ether oxygens (including phenoxy) is 1. The molecule has 5 nitrogen and oxygen atoms in total. The molecule has 2 N–H and O–H groups in total. The first-order valence-corrected chi connectivity index (χ1v) is 6.31. The summed E-state index contributed by atoms with van der Waals surface area (Å²) in [6, 6.07) is -0.177. The number of nitrogens with two attached hydrogens (primary N) is 1. The molecule has 0 fully saturated rings. The van der Waals surface area contributed by atoms with Crippen molar-refractivity contribution in [3.8, 4) is 0 Å². The summed E-state index contributed by atoms with van der Waals surface area (Å²) in [5.74, 6) is 1.09. The first-order valence-electron chi connectivity index (χ1n) is 6.31. The highest BCUT2D eigenvalue weighted by Gasteiger charge is 2.31. The number of nitrogens with zero attached hydrogens (tertiary/aromatic N) is 2. The summed E-state index contributed by atoms with van der Waals surface area (Å²) in [6.07, 6.45) is 2.64. The predicted molar refractivity (Wildman–Crippen MR) is 65.4 cm³/mol. The smallest absolute Gasteiger partial charge is 0.243 e. The van der Waals surface area contributed by atoms with Crippen LogP contribution >= 0.6 is 0 Å². The lowest BCUT2D eigenvalue weighted by molar-refractivity contribution is -0.0403. The molecule has 0 bridgehead atoms. The van der Waals surface area contributed by atoms with Crippen LogP contribution in [0.2, 0.25) is 0 Å². The van der Waals surface area contributed by atoms with Gasteiger partial charge in [0, 0.05) is 6.61 Å². The zero-order chi connectivity index (χ0) is 12.9. The zero-order valence-electron chi connectivity index (χ0n) is 11.2. The van der Waals surface area contributed by atoms with Gasteiger partial charge in [-0.1, -0.05) is 25.4 Å². The molecule has 1 aromatic heterocycles. The van der Waals surface area contributed by atoms with E-state index in [-0.39, 0.29) is 6.04 Å². The molecule has 2 unspecified atom stereocenters. The summed E-state index contributed by atoms with van der Waals surface area (Å²) in [5.41, 5.74) is 5.46. The van der Waals surface area contributed by atoms with Gasteiger partial charge >= 0.3 is 0 Å². The monoisotopic (exact) mass is 241 g/mol. The maximum absolute atomic E-state index is 5.94. The third kappa shape index (κ3) is 3.26. The van der Waals surface area contributed by atoms with Crippen molar-refractivity contribution in [3.05, 3.63) is 11.7 Å². The van der Waals surface area contributed by atoms with Gasteiger partial charge in [-0.25, -0.2) is 0 Å². The summed E-state index contributed by atoms with van der Waals surface area (Å²) in [4.78, 5) is 4.36. The van der Waals surface area contributed by atoms with Crippen molar-refractivity contribution in [1.29, 1.82) is 0 Å². The lowest BCUT2D eigenvalue weighted by atomic mass is 10.0. The van der Waals surface area contributed by atoms with E-state index in [9.17, 15) is 0 Å². The van der Waals surface area contributed by atoms with Crippen LogP contribution in [0.3, 0.4) is 0 Å². The Morgan fingerprint density at radius 2 is 2.12 bits per heavy atom. The fraction of sp³-hybridized carbons (Fsp3) is 0.833. The Labute approximate surface area is 103 Å². The van der Waals surface area contributed by atoms with Gasteiger partial charge < -0.3 is 15.0 Å². The Balaban J connectivity index is 2.85. The number of aromatic nitrogens is 2. The minimum atomic E-state index is -0.484. The first-order chi connectivity index (χ1) is 8.07. The van der Waals surface area contributed by atoms with E-state index in [1.807, 2.05) is 20.8 Å². The molecule has 0 aliphatic rings. The summed E-state index contributed by atoms with van der Waals surface area (Å²) >= 11 is 0. The third-order valence-electron chi connectivity index (χ3n) is 2.97. The van der Waals surface area contributed by atoms with Gasteiger partial charge in [0.15, 0.2) is 0 Å². The Kier molecular flexibility index (Phi) is 5.08. The molecule has 98 valence electrons.